The van der Waals surface area contributed by atoms with E-state index < -0.39 is 0 Å². The number of anilines is 1. The molecule has 0 saturated heterocycles. The van der Waals surface area contributed by atoms with Crippen LogP contribution in [-0.4, -0.2) is 23.1 Å². The molecule has 4 nitrogen and oxygen atoms in total. The Balaban J connectivity index is 1.33. The van der Waals surface area contributed by atoms with Crippen LogP contribution in [0, 0.1) is 0 Å². The average molecular weight is 306 g/mol. The molecule has 4 heteroatoms. The predicted octanol–water partition coefficient (Wildman–Crippen LogP) is 3.61. The molecule has 118 valence electrons. The Bertz CT molecular complexity index is 728. The van der Waals surface area contributed by atoms with E-state index in [2.05, 4.69) is 44.9 Å². The van der Waals surface area contributed by atoms with Crippen molar-refractivity contribution < 1.29 is 0 Å². The summed E-state index contributed by atoms with van der Waals surface area (Å²) in [5, 5.41) is 8.07. The van der Waals surface area contributed by atoms with Crippen molar-refractivity contribution in [3.8, 4) is 0 Å². The average Bonchev–Trinajstić information content (AvgIpc) is 2.61. The van der Waals surface area contributed by atoms with Gasteiger partial charge in [0.15, 0.2) is 0 Å². The van der Waals surface area contributed by atoms with Gasteiger partial charge in [0.25, 0.3) is 0 Å². The van der Waals surface area contributed by atoms with E-state index in [1.54, 1.807) is 0 Å². The number of benzene rings is 1. The van der Waals surface area contributed by atoms with Crippen LogP contribution in [0.3, 0.4) is 0 Å². The van der Waals surface area contributed by atoms with Crippen molar-refractivity contribution in [1.82, 2.24) is 15.3 Å². The summed E-state index contributed by atoms with van der Waals surface area (Å²) in [4.78, 5) is 8.68. The Kier molecular flexibility index (Phi) is 5.53. The van der Waals surface area contributed by atoms with E-state index in [0.29, 0.717) is 0 Å². The first-order valence-corrected chi connectivity index (χ1v) is 8.11. The minimum atomic E-state index is 0.838. The third-order valence-corrected chi connectivity index (χ3v) is 3.75. The van der Waals surface area contributed by atoms with Crippen LogP contribution in [0.5, 0.6) is 0 Å². The second kappa shape index (κ2) is 8.25. The lowest BCUT2D eigenvalue weighted by atomic mass is 10.2. The SMILES string of the molecule is c1ccc(CNCCCCNc2ccc3cccnc3c2)nc1. The number of nitrogens with one attached hydrogen (secondary N) is 2. The van der Waals surface area contributed by atoms with E-state index in [1.165, 1.54) is 5.39 Å². The maximum absolute atomic E-state index is 4.38. The number of aromatic nitrogens is 2. The van der Waals surface area contributed by atoms with E-state index in [0.717, 1.165) is 49.4 Å². The van der Waals surface area contributed by atoms with Gasteiger partial charge in [0.2, 0.25) is 0 Å². The second-order valence-electron chi connectivity index (χ2n) is 5.54. The number of hydrogen-bond donors (Lipinski definition) is 2. The van der Waals surface area contributed by atoms with Gasteiger partial charge in [-0.15, -0.1) is 0 Å². The summed E-state index contributed by atoms with van der Waals surface area (Å²) >= 11 is 0. The van der Waals surface area contributed by atoms with Gasteiger partial charge in [0, 0.05) is 36.6 Å². The fourth-order valence-electron chi connectivity index (χ4n) is 2.50. The van der Waals surface area contributed by atoms with E-state index >= 15 is 0 Å². The minimum absolute atomic E-state index is 0.838. The van der Waals surface area contributed by atoms with Crippen LogP contribution in [0.2, 0.25) is 0 Å². The highest BCUT2D eigenvalue weighted by molar-refractivity contribution is 5.81. The monoisotopic (exact) mass is 306 g/mol. The molecule has 2 heterocycles. The normalized spacial score (nSPS) is 10.8. The quantitative estimate of drug-likeness (QED) is 0.624. The molecule has 2 aromatic heterocycles. The maximum Gasteiger partial charge on any atom is 0.0722 e. The van der Waals surface area contributed by atoms with Crippen molar-refractivity contribution in [3.05, 3.63) is 66.6 Å². The zero-order chi connectivity index (χ0) is 15.7. The molecule has 0 saturated carbocycles. The summed E-state index contributed by atoms with van der Waals surface area (Å²) in [6.07, 6.45) is 5.94. The molecule has 0 aliphatic rings. The Labute approximate surface area is 137 Å². The zero-order valence-corrected chi connectivity index (χ0v) is 13.2. The van der Waals surface area contributed by atoms with Gasteiger partial charge in [0.1, 0.15) is 0 Å². The van der Waals surface area contributed by atoms with E-state index in [4.69, 9.17) is 0 Å². The minimum Gasteiger partial charge on any atom is -0.385 e. The van der Waals surface area contributed by atoms with Crippen molar-refractivity contribution in [2.45, 2.75) is 19.4 Å². The summed E-state index contributed by atoms with van der Waals surface area (Å²) < 4.78 is 0. The summed E-state index contributed by atoms with van der Waals surface area (Å²) in [6, 6.07) is 16.4. The molecule has 2 N–H and O–H groups in total. The lowest BCUT2D eigenvalue weighted by molar-refractivity contribution is 0.626. The molecule has 0 bridgehead atoms. The largest absolute Gasteiger partial charge is 0.385 e. The van der Waals surface area contributed by atoms with Gasteiger partial charge in [-0.3, -0.25) is 9.97 Å². The standard InChI is InChI=1S/C19H22N4/c1-2-11-22-18(7-1)15-20-10-3-4-12-21-17-9-8-16-6-5-13-23-19(16)14-17/h1-2,5-9,11,13-14,20-21H,3-4,10,12,15H2. The summed E-state index contributed by atoms with van der Waals surface area (Å²) in [5.74, 6) is 0. The van der Waals surface area contributed by atoms with Crippen molar-refractivity contribution in [2.75, 3.05) is 18.4 Å². The van der Waals surface area contributed by atoms with Gasteiger partial charge < -0.3 is 10.6 Å². The number of rotatable bonds is 8. The van der Waals surface area contributed by atoms with Crippen molar-refractivity contribution in [2.24, 2.45) is 0 Å². The maximum atomic E-state index is 4.38. The lowest BCUT2D eigenvalue weighted by Crippen LogP contribution is -2.16. The third kappa shape index (κ3) is 4.76. The molecule has 23 heavy (non-hydrogen) atoms. The zero-order valence-electron chi connectivity index (χ0n) is 13.2. The van der Waals surface area contributed by atoms with Crippen molar-refractivity contribution >= 4 is 16.6 Å². The number of nitrogens with zero attached hydrogens (tertiary/aromatic N) is 2. The molecule has 0 aliphatic carbocycles. The van der Waals surface area contributed by atoms with E-state index in [9.17, 15) is 0 Å². The van der Waals surface area contributed by atoms with E-state index in [1.807, 2.05) is 36.7 Å². The molecule has 0 aliphatic heterocycles. The molecular formula is C19H22N4. The molecular weight excluding hydrogens is 284 g/mol. The first-order valence-electron chi connectivity index (χ1n) is 8.11. The number of hydrogen-bond acceptors (Lipinski definition) is 4. The highest BCUT2D eigenvalue weighted by Gasteiger charge is 1.97. The molecule has 0 atom stereocenters. The van der Waals surface area contributed by atoms with Gasteiger partial charge in [-0.2, -0.15) is 0 Å². The van der Waals surface area contributed by atoms with Crippen LogP contribution in [0.15, 0.2) is 60.9 Å². The molecule has 0 amide bonds. The Morgan fingerprint density at radius 3 is 2.65 bits per heavy atom. The first kappa shape index (κ1) is 15.4. The van der Waals surface area contributed by atoms with Crippen molar-refractivity contribution in [3.63, 3.8) is 0 Å². The van der Waals surface area contributed by atoms with Crippen LogP contribution in [-0.2, 0) is 6.54 Å². The van der Waals surface area contributed by atoms with Crippen LogP contribution < -0.4 is 10.6 Å². The summed E-state index contributed by atoms with van der Waals surface area (Å²) in [5.41, 5.74) is 3.27. The van der Waals surface area contributed by atoms with Crippen LogP contribution in [0.1, 0.15) is 18.5 Å². The molecule has 0 spiro atoms. The van der Waals surface area contributed by atoms with Crippen molar-refractivity contribution in [1.29, 1.82) is 0 Å². The van der Waals surface area contributed by atoms with Gasteiger partial charge in [-0.25, -0.2) is 0 Å². The number of fused-ring (bicyclic) bond motifs is 1. The summed E-state index contributed by atoms with van der Waals surface area (Å²) in [6.45, 7) is 2.83. The highest BCUT2D eigenvalue weighted by atomic mass is 14.9. The van der Waals surface area contributed by atoms with Crippen LogP contribution >= 0.6 is 0 Å². The molecule has 3 rings (SSSR count). The Morgan fingerprint density at radius 1 is 0.826 bits per heavy atom. The topological polar surface area (TPSA) is 49.8 Å². The van der Waals surface area contributed by atoms with E-state index in [-0.39, 0.29) is 0 Å². The van der Waals surface area contributed by atoms with Gasteiger partial charge in [0.05, 0.1) is 11.2 Å². The Morgan fingerprint density at radius 2 is 1.74 bits per heavy atom. The molecule has 1 aromatic carbocycles. The Hall–Kier alpha value is -2.46. The highest BCUT2D eigenvalue weighted by Crippen LogP contribution is 2.16. The van der Waals surface area contributed by atoms with Gasteiger partial charge in [-0.05, 0) is 49.7 Å². The van der Waals surface area contributed by atoms with Gasteiger partial charge in [-0.1, -0.05) is 18.2 Å². The summed E-state index contributed by atoms with van der Waals surface area (Å²) in [7, 11) is 0. The van der Waals surface area contributed by atoms with Crippen LogP contribution in [0.4, 0.5) is 5.69 Å². The lowest BCUT2D eigenvalue weighted by Gasteiger charge is -2.08. The predicted molar refractivity (Wildman–Crippen MR) is 95.4 cm³/mol. The number of pyridine rings is 2. The van der Waals surface area contributed by atoms with Crippen LogP contribution in [0.25, 0.3) is 10.9 Å². The number of unbranched alkanes of at least 4 members (excludes halogenated alkanes) is 1. The first-order chi connectivity index (χ1) is 11.4. The second-order valence-corrected chi connectivity index (χ2v) is 5.54. The fourth-order valence-corrected chi connectivity index (χ4v) is 2.50. The fraction of sp³-hybridized carbons (Fsp3) is 0.263. The third-order valence-electron chi connectivity index (χ3n) is 3.75. The molecule has 3 aromatic rings. The molecule has 0 radical (unpaired) electrons. The molecule has 0 fully saturated rings. The molecule has 0 unspecified atom stereocenters. The van der Waals surface area contributed by atoms with Gasteiger partial charge >= 0.3 is 0 Å². The smallest absolute Gasteiger partial charge is 0.0722 e.